The Balaban J connectivity index is 0.00000242. The number of rotatable bonds is 7. The van der Waals surface area contributed by atoms with Gasteiger partial charge in [0.25, 0.3) is 0 Å². The molecule has 0 saturated carbocycles. The molecular formula is C14H20Cl3N3OS2. The van der Waals surface area contributed by atoms with Gasteiger partial charge in [0.1, 0.15) is 5.01 Å². The Morgan fingerprint density at radius 2 is 2.13 bits per heavy atom. The minimum absolute atomic E-state index is 0. The van der Waals surface area contributed by atoms with Gasteiger partial charge in [-0.3, -0.25) is 4.79 Å². The van der Waals surface area contributed by atoms with Crippen molar-refractivity contribution in [2.24, 2.45) is 0 Å². The summed E-state index contributed by atoms with van der Waals surface area (Å²) in [4.78, 5) is 17.4. The van der Waals surface area contributed by atoms with Crippen LogP contribution >= 0.6 is 59.1 Å². The summed E-state index contributed by atoms with van der Waals surface area (Å²) >= 11 is 8.96. The Kier molecular flexibility index (Phi) is 11.1. The van der Waals surface area contributed by atoms with Crippen molar-refractivity contribution in [3.05, 3.63) is 27.5 Å². The predicted molar refractivity (Wildman–Crippen MR) is 105 cm³/mol. The van der Waals surface area contributed by atoms with E-state index in [2.05, 4.69) is 15.6 Å². The lowest BCUT2D eigenvalue weighted by molar-refractivity contribution is -0.120. The highest BCUT2D eigenvalue weighted by atomic mass is 35.5. The largest absolute Gasteiger partial charge is 0.354 e. The Morgan fingerprint density at radius 3 is 2.74 bits per heavy atom. The number of thiazole rings is 1. The first-order chi connectivity index (χ1) is 10.1. The van der Waals surface area contributed by atoms with Gasteiger partial charge < -0.3 is 10.6 Å². The van der Waals surface area contributed by atoms with Crippen LogP contribution in [0.3, 0.4) is 0 Å². The van der Waals surface area contributed by atoms with E-state index in [0.717, 1.165) is 26.5 Å². The summed E-state index contributed by atoms with van der Waals surface area (Å²) in [5.74, 6) is 0.000755. The van der Waals surface area contributed by atoms with Gasteiger partial charge in [-0.15, -0.1) is 47.5 Å². The first-order valence-electron chi connectivity index (χ1n) is 6.78. The molecule has 0 saturated heterocycles. The SMILES string of the molecule is CCN[C@H](C)CNC(=O)Cc1csc(-c2ccc(Cl)s2)n1.Cl.Cl. The number of carbonyl (C=O) groups excluding carboxylic acids is 1. The molecule has 1 amide bonds. The number of nitrogens with zero attached hydrogens (tertiary/aromatic N) is 1. The summed E-state index contributed by atoms with van der Waals surface area (Å²) in [6.45, 7) is 5.62. The molecule has 0 bridgehead atoms. The highest BCUT2D eigenvalue weighted by Gasteiger charge is 2.11. The van der Waals surface area contributed by atoms with Crippen molar-refractivity contribution >= 4 is 65.0 Å². The van der Waals surface area contributed by atoms with Crippen LogP contribution in [0.5, 0.6) is 0 Å². The van der Waals surface area contributed by atoms with Crippen LogP contribution in [-0.2, 0) is 11.2 Å². The average Bonchev–Trinajstić information content (AvgIpc) is 3.06. The van der Waals surface area contributed by atoms with E-state index in [1.807, 2.05) is 31.4 Å². The van der Waals surface area contributed by atoms with Gasteiger partial charge in [-0.05, 0) is 25.6 Å². The standard InChI is InChI=1S/C14H18ClN3OS2.2ClH/c1-3-16-9(2)7-17-13(19)6-10-8-20-14(18-10)11-4-5-12(15)21-11;;/h4-5,8-9,16H,3,6-7H2,1-2H3,(H,17,19);2*1H/t9-;;/m1../s1. The Hall–Kier alpha value is -0.370. The average molecular weight is 417 g/mol. The fourth-order valence-electron chi connectivity index (χ4n) is 1.85. The van der Waals surface area contributed by atoms with Crippen LogP contribution in [0.15, 0.2) is 17.5 Å². The van der Waals surface area contributed by atoms with E-state index >= 15 is 0 Å². The number of hydrogen-bond donors (Lipinski definition) is 2. The van der Waals surface area contributed by atoms with Crippen molar-refractivity contribution in [3.8, 4) is 9.88 Å². The first kappa shape index (κ1) is 22.6. The van der Waals surface area contributed by atoms with Crippen molar-refractivity contribution in [2.75, 3.05) is 13.1 Å². The second-order valence-corrected chi connectivity index (χ2v) is 7.26. The lowest BCUT2D eigenvalue weighted by Gasteiger charge is -2.12. The number of hydrogen-bond acceptors (Lipinski definition) is 5. The van der Waals surface area contributed by atoms with Gasteiger partial charge in [0.2, 0.25) is 5.91 Å². The molecule has 0 radical (unpaired) electrons. The van der Waals surface area contributed by atoms with Gasteiger partial charge in [-0.1, -0.05) is 18.5 Å². The van der Waals surface area contributed by atoms with E-state index in [9.17, 15) is 4.79 Å². The first-order valence-corrected chi connectivity index (χ1v) is 8.86. The molecule has 0 aromatic carbocycles. The van der Waals surface area contributed by atoms with E-state index in [1.54, 1.807) is 0 Å². The molecule has 0 spiro atoms. The molecule has 1 atom stereocenters. The van der Waals surface area contributed by atoms with Crippen molar-refractivity contribution < 1.29 is 4.79 Å². The number of thiophene rings is 1. The van der Waals surface area contributed by atoms with Crippen LogP contribution in [0.2, 0.25) is 4.34 Å². The molecule has 2 rings (SSSR count). The monoisotopic (exact) mass is 415 g/mol. The fraction of sp³-hybridized carbons (Fsp3) is 0.429. The minimum atomic E-state index is 0. The lowest BCUT2D eigenvalue weighted by atomic mass is 10.3. The zero-order valence-electron chi connectivity index (χ0n) is 12.8. The van der Waals surface area contributed by atoms with Crippen LogP contribution in [0, 0.1) is 0 Å². The van der Waals surface area contributed by atoms with Crippen molar-refractivity contribution in [1.82, 2.24) is 15.6 Å². The summed E-state index contributed by atoms with van der Waals surface area (Å²) < 4.78 is 0.747. The molecule has 23 heavy (non-hydrogen) atoms. The molecule has 2 aromatic heterocycles. The quantitative estimate of drug-likeness (QED) is 0.716. The minimum Gasteiger partial charge on any atom is -0.354 e. The Labute approximate surface area is 161 Å². The summed E-state index contributed by atoms with van der Waals surface area (Å²) in [6, 6.07) is 4.09. The van der Waals surface area contributed by atoms with E-state index in [1.165, 1.54) is 22.7 Å². The van der Waals surface area contributed by atoms with Crippen molar-refractivity contribution in [2.45, 2.75) is 26.3 Å². The third-order valence-electron chi connectivity index (χ3n) is 2.84. The van der Waals surface area contributed by atoms with Gasteiger partial charge in [-0.25, -0.2) is 4.98 Å². The molecule has 4 nitrogen and oxygen atoms in total. The number of nitrogens with one attached hydrogen (secondary N) is 2. The van der Waals surface area contributed by atoms with E-state index in [4.69, 9.17) is 11.6 Å². The molecule has 0 aliphatic carbocycles. The molecule has 0 fully saturated rings. The maximum atomic E-state index is 11.9. The third-order valence-corrected chi connectivity index (χ3v) is 5.13. The van der Waals surface area contributed by atoms with Gasteiger partial charge in [-0.2, -0.15) is 0 Å². The lowest BCUT2D eigenvalue weighted by Crippen LogP contribution is -2.39. The van der Waals surface area contributed by atoms with Gasteiger partial charge >= 0.3 is 0 Å². The zero-order chi connectivity index (χ0) is 15.2. The van der Waals surface area contributed by atoms with Crippen LogP contribution < -0.4 is 10.6 Å². The highest BCUT2D eigenvalue weighted by molar-refractivity contribution is 7.23. The molecule has 130 valence electrons. The number of amides is 1. The van der Waals surface area contributed by atoms with Gasteiger partial charge in [0.15, 0.2) is 0 Å². The summed E-state index contributed by atoms with van der Waals surface area (Å²) in [7, 11) is 0. The molecule has 0 aliphatic rings. The Bertz CT molecular complexity index is 604. The number of carbonyl (C=O) groups is 1. The second kappa shape index (κ2) is 11.2. The van der Waals surface area contributed by atoms with E-state index in [-0.39, 0.29) is 36.8 Å². The maximum Gasteiger partial charge on any atom is 0.226 e. The molecule has 2 N–H and O–H groups in total. The molecule has 9 heteroatoms. The van der Waals surface area contributed by atoms with Crippen molar-refractivity contribution in [3.63, 3.8) is 0 Å². The fourth-order valence-corrected chi connectivity index (χ4v) is 3.78. The van der Waals surface area contributed by atoms with Crippen LogP contribution in [0.4, 0.5) is 0 Å². The predicted octanol–water partition coefficient (Wildman–Crippen LogP) is 4.03. The van der Waals surface area contributed by atoms with Gasteiger partial charge in [0.05, 0.1) is 21.3 Å². The number of halogens is 3. The van der Waals surface area contributed by atoms with Crippen LogP contribution in [0.1, 0.15) is 19.5 Å². The summed E-state index contributed by atoms with van der Waals surface area (Å²) in [5.41, 5.74) is 0.799. The smallest absolute Gasteiger partial charge is 0.226 e. The number of aromatic nitrogens is 1. The molecular weight excluding hydrogens is 397 g/mol. The third kappa shape index (κ3) is 7.37. The topological polar surface area (TPSA) is 54.0 Å². The molecule has 0 unspecified atom stereocenters. The van der Waals surface area contributed by atoms with Crippen molar-refractivity contribution in [1.29, 1.82) is 0 Å². The van der Waals surface area contributed by atoms with E-state index < -0.39 is 0 Å². The van der Waals surface area contributed by atoms with E-state index in [0.29, 0.717) is 13.0 Å². The van der Waals surface area contributed by atoms with Crippen LogP contribution in [0.25, 0.3) is 9.88 Å². The molecule has 2 aromatic rings. The number of likely N-dealkylation sites (N-methyl/N-ethyl adjacent to an activating group) is 1. The maximum absolute atomic E-state index is 11.9. The molecule has 2 heterocycles. The normalized spacial score (nSPS) is 11.3. The van der Waals surface area contributed by atoms with Gasteiger partial charge in [0, 0.05) is 18.0 Å². The second-order valence-electron chi connectivity index (χ2n) is 4.69. The zero-order valence-corrected chi connectivity index (χ0v) is 16.8. The molecule has 0 aliphatic heterocycles. The summed E-state index contributed by atoms with van der Waals surface area (Å²) in [5, 5.41) is 9.01. The summed E-state index contributed by atoms with van der Waals surface area (Å²) in [6.07, 6.45) is 0.314. The van der Waals surface area contributed by atoms with Crippen LogP contribution in [-0.4, -0.2) is 30.0 Å². The Morgan fingerprint density at radius 1 is 1.39 bits per heavy atom. The highest BCUT2D eigenvalue weighted by Crippen LogP contribution is 2.32.